The van der Waals surface area contributed by atoms with Crippen molar-refractivity contribution in [3.05, 3.63) is 10.4 Å². The van der Waals surface area contributed by atoms with E-state index in [4.69, 9.17) is 29.2 Å². The molecule has 19 heteroatoms. The fraction of sp³-hybridized carbons (Fsp3) is 1.00. The molecule has 19 nitrogen and oxygen atoms in total. The van der Waals surface area contributed by atoms with Crippen molar-refractivity contribution in [1.29, 1.82) is 0 Å². The Kier molecular flexibility index (Phi) is 10.6. The summed E-state index contributed by atoms with van der Waals surface area (Å²) >= 11 is 0. The number of rotatable bonds is 9. The first-order valence-corrected chi connectivity index (χ1v) is 11.2. The summed E-state index contributed by atoms with van der Waals surface area (Å²) in [7, 11) is 0. The van der Waals surface area contributed by atoms with E-state index in [0.717, 1.165) is 0 Å². The number of hydrogen-bond donors (Lipinski definition) is 10. The van der Waals surface area contributed by atoms with Crippen molar-refractivity contribution in [2.24, 2.45) is 5.28 Å². The largest absolute Gasteiger partial charge is 0.400 e. The molecule has 10 N–H and O–H groups in total. The van der Waals surface area contributed by atoms with E-state index in [1.165, 1.54) is 0 Å². The highest BCUT2D eigenvalue weighted by Gasteiger charge is 2.53. The van der Waals surface area contributed by atoms with Crippen LogP contribution in [0.2, 0.25) is 0 Å². The first kappa shape index (κ1) is 30.1. The van der Waals surface area contributed by atoms with Crippen LogP contribution in [0, 0.1) is 0 Å². The number of aliphatic hydroxyl groups excluding tert-OH is 10. The van der Waals surface area contributed by atoms with Gasteiger partial charge in [-0.05, 0) is 5.53 Å². The zero-order valence-corrected chi connectivity index (χ0v) is 19.0. The van der Waals surface area contributed by atoms with Crippen LogP contribution in [0.15, 0.2) is 5.28 Å². The smallest absolute Gasteiger partial charge is 0.237 e. The van der Waals surface area contributed by atoms with E-state index in [-0.39, 0.29) is 0 Å². The molecule has 3 aliphatic heterocycles. The predicted octanol–water partition coefficient (Wildman–Crippen LogP) is -6.32. The second-order valence-electron chi connectivity index (χ2n) is 8.59. The summed E-state index contributed by atoms with van der Waals surface area (Å²) in [6.45, 7) is -2.42. The Hall–Kier alpha value is -1.49. The predicted molar refractivity (Wildman–Crippen MR) is 109 cm³/mol. The van der Waals surface area contributed by atoms with Crippen LogP contribution in [-0.2, 0) is 28.5 Å². The summed E-state index contributed by atoms with van der Waals surface area (Å²) in [4.78, 5) is 6.87. The maximum absolute atomic E-state index is 10.8. The Bertz CT molecular complexity index is 773. The van der Waals surface area contributed by atoms with E-state index in [9.17, 15) is 51.1 Å². The Balaban J connectivity index is 1.77. The molecular weight excluding hydrogens is 514 g/mol. The third kappa shape index (κ3) is 6.23. The van der Waals surface area contributed by atoms with Gasteiger partial charge in [0.2, 0.25) is 6.29 Å². The molecule has 0 bridgehead atoms. The van der Waals surface area contributed by atoms with E-state index < -0.39 is 112 Å². The van der Waals surface area contributed by atoms with Gasteiger partial charge in [-0.15, -0.1) is 0 Å². The third-order valence-corrected chi connectivity index (χ3v) is 6.26. The molecule has 0 radical (unpaired) electrons. The fourth-order valence-corrected chi connectivity index (χ4v) is 4.19. The van der Waals surface area contributed by atoms with Crippen molar-refractivity contribution in [1.82, 2.24) is 0 Å². The molecule has 214 valence electrons. The molecule has 0 amide bonds. The maximum Gasteiger partial charge on any atom is 0.237 e. The van der Waals surface area contributed by atoms with Gasteiger partial charge in [0.25, 0.3) is 0 Å². The minimum atomic E-state index is -1.94. The Morgan fingerprint density at radius 1 is 0.568 bits per heavy atom. The van der Waals surface area contributed by atoms with Crippen molar-refractivity contribution in [2.75, 3.05) is 19.8 Å². The number of aliphatic hydroxyl groups is 10. The van der Waals surface area contributed by atoms with Crippen molar-refractivity contribution in [2.45, 2.75) is 92.1 Å². The highest BCUT2D eigenvalue weighted by Crippen LogP contribution is 2.32. The van der Waals surface area contributed by atoms with Crippen LogP contribution in [0.1, 0.15) is 0 Å². The van der Waals surface area contributed by atoms with E-state index in [1.807, 2.05) is 0 Å². The number of azide groups is 1. The third-order valence-electron chi connectivity index (χ3n) is 6.26. The van der Waals surface area contributed by atoms with Gasteiger partial charge < -0.3 is 79.6 Å². The van der Waals surface area contributed by atoms with Crippen LogP contribution in [0.5, 0.6) is 0 Å². The van der Waals surface area contributed by atoms with E-state index >= 15 is 0 Å². The van der Waals surface area contributed by atoms with Crippen LogP contribution in [0.4, 0.5) is 0 Å². The van der Waals surface area contributed by atoms with Crippen LogP contribution in [-0.4, -0.2) is 163 Å². The Morgan fingerprint density at radius 3 is 1.62 bits per heavy atom. The lowest BCUT2D eigenvalue weighted by molar-refractivity contribution is -0.380. The van der Waals surface area contributed by atoms with E-state index in [1.54, 1.807) is 0 Å². The first-order valence-electron chi connectivity index (χ1n) is 11.2. The standard InChI is InChI=1S/C18H31N3O16/c19-20-21-37-18-12(30)10(28)14(6(3-24)34-18)35-17-13(31)15(8(26)5(2-23)33-17)36-16-11(29)9(27)7(25)4(1-22)32-16/h4-18,22-31H,1-3H2/t4-,5-,6-,7+,8+,9+,10-,11-,12-,13-,14-,15+,16-,17+,18+/m1/s1. The molecule has 0 aromatic heterocycles. The molecule has 0 aromatic rings. The molecule has 3 rings (SSSR count). The van der Waals surface area contributed by atoms with Crippen LogP contribution in [0.25, 0.3) is 10.4 Å². The molecule has 3 fully saturated rings. The van der Waals surface area contributed by atoms with Crippen molar-refractivity contribution in [3.63, 3.8) is 0 Å². The van der Waals surface area contributed by atoms with Gasteiger partial charge in [0.15, 0.2) is 12.6 Å². The van der Waals surface area contributed by atoms with Crippen molar-refractivity contribution < 1.29 is 79.6 Å². The highest BCUT2D eigenvalue weighted by atomic mass is 16.8. The second-order valence-corrected chi connectivity index (χ2v) is 8.59. The SMILES string of the molecule is [N-]=[N+]=NO[C@@H]1O[C@H](CO)[C@@H](O[C@@H]2O[C@H](CO)[C@H](O)[C@H](O[C@H]3O[C@H](CO)[C@H](O)[C@H](O)[C@H]3O)[C@H]2O)[C@H](O)[C@H]1O. The maximum atomic E-state index is 10.8. The highest BCUT2D eigenvalue weighted by molar-refractivity contribution is 4.96. The lowest BCUT2D eigenvalue weighted by Crippen LogP contribution is -2.66. The van der Waals surface area contributed by atoms with Gasteiger partial charge in [0.05, 0.1) is 19.8 Å². The molecule has 3 heterocycles. The molecule has 3 aliphatic rings. The average molecular weight is 545 g/mol. The van der Waals surface area contributed by atoms with Crippen molar-refractivity contribution >= 4 is 0 Å². The molecule has 0 unspecified atom stereocenters. The molecular formula is C18H31N3O16. The molecule has 15 atom stereocenters. The lowest BCUT2D eigenvalue weighted by Gasteiger charge is -2.48. The minimum Gasteiger partial charge on any atom is -0.400 e. The first-order chi connectivity index (χ1) is 17.6. The normalized spacial score (nSPS) is 48.8. The topological polar surface area (TPSA) is 306 Å². The van der Waals surface area contributed by atoms with E-state index in [2.05, 4.69) is 15.0 Å². The van der Waals surface area contributed by atoms with E-state index in [0.29, 0.717) is 0 Å². The van der Waals surface area contributed by atoms with Gasteiger partial charge in [-0.25, -0.2) is 0 Å². The molecule has 0 spiro atoms. The molecule has 3 saturated heterocycles. The lowest BCUT2D eigenvalue weighted by atomic mass is 9.96. The fourth-order valence-electron chi connectivity index (χ4n) is 4.19. The summed E-state index contributed by atoms with van der Waals surface area (Å²) in [5.74, 6) is 0. The van der Waals surface area contributed by atoms with Crippen LogP contribution in [0.3, 0.4) is 0 Å². The average Bonchev–Trinajstić information content (AvgIpc) is 2.89. The monoisotopic (exact) mass is 545 g/mol. The van der Waals surface area contributed by atoms with Gasteiger partial charge in [-0.3, -0.25) is 0 Å². The Morgan fingerprint density at radius 2 is 1.05 bits per heavy atom. The zero-order chi connectivity index (χ0) is 27.4. The second kappa shape index (κ2) is 13.0. The summed E-state index contributed by atoms with van der Waals surface area (Å²) in [5.41, 5.74) is 8.35. The summed E-state index contributed by atoms with van der Waals surface area (Å²) in [6.07, 6.45) is -25.7. The van der Waals surface area contributed by atoms with Gasteiger partial charge in [0, 0.05) is 4.91 Å². The summed E-state index contributed by atoms with van der Waals surface area (Å²) < 4.78 is 26.8. The van der Waals surface area contributed by atoms with Crippen molar-refractivity contribution in [3.8, 4) is 0 Å². The number of hydrogen-bond acceptors (Lipinski definition) is 17. The number of nitrogens with zero attached hydrogens (tertiary/aromatic N) is 3. The van der Waals surface area contributed by atoms with Crippen LogP contribution < -0.4 is 0 Å². The molecule has 0 aromatic carbocycles. The van der Waals surface area contributed by atoms with Gasteiger partial charge >= 0.3 is 0 Å². The zero-order valence-electron chi connectivity index (χ0n) is 19.0. The molecule has 0 aliphatic carbocycles. The van der Waals surface area contributed by atoms with Gasteiger partial charge in [-0.2, -0.15) is 0 Å². The number of ether oxygens (including phenoxy) is 5. The van der Waals surface area contributed by atoms with Gasteiger partial charge in [-0.1, -0.05) is 0 Å². The van der Waals surface area contributed by atoms with Crippen LogP contribution >= 0.6 is 0 Å². The minimum absolute atomic E-state index is 0.774. The quantitative estimate of drug-likeness (QED) is 0.0557. The van der Waals surface area contributed by atoms with Gasteiger partial charge in [0.1, 0.15) is 78.5 Å². The summed E-state index contributed by atoms with van der Waals surface area (Å²) in [6, 6.07) is 0. The molecule has 0 saturated carbocycles. The molecule has 37 heavy (non-hydrogen) atoms. The Labute approximate surface area is 208 Å². The summed E-state index contributed by atoms with van der Waals surface area (Å²) in [5, 5.41) is 104.